The van der Waals surface area contributed by atoms with Crippen LogP contribution in [0.3, 0.4) is 0 Å². The van der Waals surface area contributed by atoms with Gasteiger partial charge in [-0.05, 0) is 31.6 Å². The molecule has 1 saturated heterocycles. The van der Waals surface area contributed by atoms with E-state index in [9.17, 15) is 0 Å². The molecule has 1 fully saturated rings. The highest BCUT2D eigenvalue weighted by molar-refractivity contribution is 7.11. The summed E-state index contributed by atoms with van der Waals surface area (Å²) in [6.45, 7) is 9.91. The number of likely N-dealkylation sites (tertiary alicyclic amines) is 1. The molecule has 0 saturated carbocycles. The van der Waals surface area contributed by atoms with Crippen molar-refractivity contribution in [1.29, 1.82) is 0 Å². The fraction of sp³-hybridized carbons (Fsp3) is 0.750. The zero-order valence-corrected chi connectivity index (χ0v) is 14.5. The third-order valence-electron chi connectivity index (χ3n) is 3.89. The van der Waals surface area contributed by atoms with Crippen molar-refractivity contribution < 1.29 is 0 Å². The molecule has 5 heteroatoms. The van der Waals surface area contributed by atoms with Gasteiger partial charge in [0.25, 0.3) is 0 Å². The lowest BCUT2D eigenvalue weighted by Gasteiger charge is -2.22. The molecule has 1 aliphatic heterocycles. The van der Waals surface area contributed by atoms with Crippen molar-refractivity contribution in [2.24, 2.45) is 16.8 Å². The third kappa shape index (κ3) is 4.99. The van der Waals surface area contributed by atoms with Crippen LogP contribution in [0.15, 0.2) is 11.2 Å². The fourth-order valence-electron chi connectivity index (χ4n) is 3.01. The molecule has 2 heterocycles. The summed E-state index contributed by atoms with van der Waals surface area (Å²) in [5, 5.41) is 4.69. The largest absolute Gasteiger partial charge is 0.356 e. The van der Waals surface area contributed by atoms with E-state index in [2.05, 4.69) is 41.0 Å². The van der Waals surface area contributed by atoms with E-state index in [0.29, 0.717) is 0 Å². The van der Waals surface area contributed by atoms with Gasteiger partial charge in [-0.25, -0.2) is 4.98 Å². The van der Waals surface area contributed by atoms with Crippen LogP contribution in [0.25, 0.3) is 0 Å². The number of aromatic nitrogens is 1. The van der Waals surface area contributed by atoms with Crippen molar-refractivity contribution in [2.75, 3.05) is 26.7 Å². The molecule has 0 aromatic carbocycles. The number of hydrogen-bond donors (Lipinski definition) is 1. The van der Waals surface area contributed by atoms with Crippen molar-refractivity contribution >= 4 is 17.3 Å². The van der Waals surface area contributed by atoms with Gasteiger partial charge < -0.3 is 10.2 Å². The van der Waals surface area contributed by atoms with E-state index in [1.54, 1.807) is 11.3 Å². The average molecular weight is 308 g/mol. The number of hydrogen-bond acceptors (Lipinski definition) is 3. The number of guanidine groups is 1. The van der Waals surface area contributed by atoms with Crippen LogP contribution < -0.4 is 5.32 Å². The molecule has 0 radical (unpaired) electrons. The number of nitrogens with one attached hydrogen (secondary N) is 1. The predicted molar refractivity (Wildman–Crippen MR) is 91.1 cm³/mol. The Balaban J connectivity index is 1.76. The maximum Gasteiger partial charge on any atom is 0.193 e. The Kier molecular flexibility index (Phi) is 6.03. The van der Waals surface area contributed by atoms with Gasteiger partial charge in [0.15, 0.2) is 5.96 Å². The van der Waals surface area contributed by atoms with Gasteiger partial charge in [-0.2, -0.15) is 0 Å². The van der Waals surface area contributed by atoms with E-state index in [1.807, 2.05) is 13.2 Å². The van der Waals surface area contributed by atoms with Crippen molar-refractivity contribution in [1.82, 2.24) is 15.2 Å². The highest BCUT2D eigenvalue weighted by atomic mass is 32.1. The minimum absolute atomic E-state index is 0.790. The van der Waals surface area contributed by atoms with Crippen LogP contribution in [0.2, 0.25) is 0 Å². The van der Waals surface area contributed by atoms with Gasteiger partial charge in [-0.1, -0.05) is 13.8 Å². The SMILES string of the molecule is CN=C(NCCc1ncc(C)s1)N1CCC(CC(C)C)C1. The van der Waals surface area contributed by atoms with E-state index in [-0.39, 0.29) is 0 Å². The highest BCUT2D eigenvalue weighted by Gasteiger charge is 2.25. The zero-order valence-electron chi connectivity index (χ0n) is 13.7. The second-order valence-electron chi connectivity index (χ2n) is 6.32. The molecule has 0 spiro atoms. The van der Waals surface area contributed by atoms with Crippen LogP contribution in [0.1, 0.15) is 36.6 Å². The lowest BCUT2D eigenvalue weighted by molar-refractivity contribution is 0.404. The molecule has 0 amide bonds. The fourth-order valence-corrected chi connectivity index (χ4v) is 3.80. The predicted octanol–water partition coefficient (Wildman–Crippen LogP) is 2.94. The molecular formula is C16H28N4S. The van der Waals surface area contributed by atoms with E-state index in [1.165, 1.54) is 22.7 Å². The maximum atomic E-state index is 4.43. The zero-order chi connectivity index (χ0) is 15.2. The number of nitrogens with zero attached hydrogens (tertiary/aromatic N) is 3. The quantitative estimate of drug-likeness (QED) is 0.671. The van der Waals surface area contributed by atoms with Crippen LogP contribution in [0, 0.1) is 18.8 Å². The lowest BCUT2D eigenvalue weighted by atomic mass is 9.97. The first-order valence-electron chi connectivity index (χ1n) is 7.95. The van der Waals surface area contributed by atoms with Crippen LogP contribution >= 0.6 is 11.3 Å². The molecule has 0 aliphatic carbocycles. The molecule has 1 aromatic rings. The first-order chi connectivity index (χ1) is 10.1. The molecule has 1 aromatic heterocycles. The second-order valence-corrected chi connectivity index (χ2v) is 7.64. The maximum absolute atomic E-state index is 4.43. The van der Waals surface area contributed by atoms with Gasteiger partial charge in [0.2, 0.25) is 0 Å². The van der Waals surface area contributed by atoms with Crippen molar-refractivity contribution in [3.8, 4) is 0 Å². The van der Waals surface area contributed by atoms with Crippen LogP contribution in [-0.4, -0.2) is 42.5 Å². The van der Waals surface area contributed by atoms with E-state index >= 15 is 0 Å². The molecule has 1 aliphatic rings. The molecule has 1 N–H and O–H groups in total. The minimum atomic E-state index is 0.790. The minimum Gasteiger partial charge on any atom is -0.356 e. The normalized spacial score (nSPS) is 19.6. The monoisotopic (exact) mass is 308 g/mol. The Morgan fingerprint density at radius 1 is 1.57 bits per heavy atom. The number of aliphatic imine (C=N–C) groups is 1. The molecule has 0 bridgehead atoms. The number of rotatable bonds is 5. The standard InChI is InChI=1S/C16H28N4S/c1-12(2)9-14-6-8-20(11-14)16(17-4)18-7-5-15-19-10-13(3)21-15/h10,12,14H,5-9,11H2,1-4H3,(H,17,18). The Labute approximate surface area is 132 Å². The summed E-state index contributed by atoms with van der Waals surface area (Å²) >= 11 is 1.78. The molecule has 4 nitrogen and oxygen atoms in total. The summed E-state index contributed by atoms with van der Waals surface area (Å²) in [4.78, 5) is 12.5. The summed E-state index contributed by atoms with van der Waals surface area (Å²) in [5.41, 5.74) is 0. The third-order valence-corrected chi connectivity index (χ3v) is 4.87. The highest BCUT2D eigenvalue weighted by Crippen LogP contribution is 2.23. The summed E-state index contributed by atoms with van der Waals surface area (Å²) in [6.07, 6.45) is 5.54. The summed E-state index contributed by atoms with van der Waals surface area (Å²) in [7, 11) is 1.88. The molecule has 1 unspecified atom stereocenters. The Bertz CT molecular complexity index is 467. The van der Waals surface area contributed by atoms with Gasteiger partial charge in [0.05, 0.1) is 5.01 Å². The summed E-state index contributed by atoms with van der Waals surface area (Å²) in [5.74, 6) is 2.66. The molecule has 118 valence electrons. The number of aryl methyl sites for hydroxylation is 1. The molecule has 21 heavy (non-hydrogen) atoms. The van der Waals surface area contributed by atoms with Crippen LogP contribution in [0.4, 0.5) is 0 Å². The van der Waals surface area contributed by atoms with Crippen LogP contribution in [0.5, 0.6) is 0 Å². The van der Waals surface area contributed by atoms with Gasteiger partial charge in [-0.3, -0.25) is 4.99 Å². The van der Waals surface area contributed by atoms with Crippen LogP contribution in [-0.2, 0) is 6.42 Å². The molecule has 1 atom stereocenters. The van der Waals surface area contributed by atoms with Gasteiger partial charge in [0, 0.05) is 44.2 Å². The van der Waals surface area contributed by atoms with E-state index < -0.39 is 0 Å². The van der Waals surface area contributed by atoms with Crippen molar-refractivity contribution in [2.45, 2.75) is 40.0 Å². The number of thiazole rings is 1. The topological polar surface area (TPSA) is 40.5 Å². The Morgan fingerprint density at radius 3 is 3.00 bits per heavy atom. The summed E-state index contributed by atoms with van der Waals surface area (Å²) in [6, 6.07) is 0. The Morgan fingerprint density at radius 2 is 2.38 bits per heavy atom. The summed E-state index contributed by atoms with van der Waals surface area (Å²) < 4.78 is 0. The average Bonchev–Trinajstić information content (AvgIpc) is 3.03. The first-order valence-corrected chi connectivity index (χ1v) is 8.77. The van der Waals surface area contributed by atoms with E-state index in [0.717, 1.165) is 43.9 Å². The molecule has 2 rings (SSSR count). The van der Waals surface area contributed by atoms with Crippen molar-refractivity contribution in [3.63, 3.8) is 0 Å². The molecular weight excluding hydrogens is 280 g/mol. The van der Waals surface area contributed by atoms with Gasteiger partial charge in [0.1, 0.15) is 0 Å². The first kappa shape index (κ1) is 16.3. The van der Waals surface area contributed by atoms with Gasteiger partial charge in [-0.15, -0.1) is 11.3 Å². The van der Waals surface area contributed by atoms with E-state index in [4.69, 9.17) is 0 Å². The van der Waals surface area contributed by atoms with Crippen molar-refractivity contribution in [3.05, 3.63) is 16.1 Å². The lowest BCUT2D eigenvalue weighted by Crippen LogP contribution is -2.40. The van der Waals surface area contributed by atoms with Gasteiger partial charge >= 0.3 is 0 Å². The second kappa shape index (κ2) is 7.78. The Hall–Kier alpha value is -1.10. The smallest absolute Gasteiger partial charge is 0.193 e.